The van der Waals surface area contributed by atoms with Gasteiger partial charge in [-0.05, 0) is 48.8 Å². The molecule has 0 spiro atoms. The second-order valence-electron chi connectivity index (χ2n) is 4.54. The summed E-state index contributed by atoms with van der Waals surface area (Å²) in [5.74, 6) is 1.75. The first-order chi connectivity index (χ1) is 7.16. The summed E-state index contributed by atoms with van der Waals surface area (Å²) in [7, 11) is 0. The molecule has 0 saturated heterocycles. The quantitative estimate of drug-likeness (QED) is 0.705. The molecular weight excluding hydrogens is 272 g/mol. The van der Waals surface area contributed by atoms with Gasteiger partial charge in [-0.3, -0.25) is 0 Å². The second-order valence-corrected chi connectivity index (χ2v) is 6.16. The molecule has 0 heterocycles. The summed E-state index contributed by atoms with van der Waals surface area (Å²) in [5, 5.41) is 0.820. The average Bonchev–Trinajstić information content (AvgIpc) is 3.04. The van der Waals surface area contributed by atoms with E-state index in [0.717, 1.165) is 23.3 Å². The molecule has 0 aliphatic heterocycles. The van der Waals surface area contributed by atoms with Crippen LogP contribution in [0, 0.1) is 11.8 Å². The Labute approximate surface area is 105 Å². The van der Waals surface area contributed by atoms with E-state index in [1.807, 2.05) is 12.1 Å². The maximum atomic E-state index is 5.86. The van der Waals surface area contributed by atoms with E-state index in [9.17, 15) is 0 Å². The molecule has 2 atom stereocenters. The van der Waals surface area contributed by atoms with Crippen molar-refractivity contribution in [2.24, 2.45) is 11.8 Å². The van der Waals surface area contributed by atoms with E-state index in [1.54, 1.807) is 0 Å². The highest BCUT2D eigenvalue weighted by Crippen LogP contribution is 2.40. The Morgan fingerprint density at radius 3 is 2.47 bits per heavy atom. The van der Waals surface area contributed by atoms with Crippen LogP contribution in [0.25, 0.3) is 0 Å². The van der Waals surface area contributed by atoms with Crippen LogP contribution in [0.15, 0.2) is 24.3 Å². The van der Waals surface area contributed by atoms with Crippen LogP contribution in [0.3, 0.4) is 0 Å². The van der Waals surface area contributed by atoms with E-state index in [0.29, 0.717) is 4.83 Å². The van der Waals surface area contributed by atoms with Gasteiger partial charge in [0.25, 0.3) is 0 Å². The van der Waals surface area contributed by atoms with Gasteiger partial charge in [-0.2, -0.15) is 0 Å². The van der Waals surface area contributed by atoms with E-state index < -0.39 is 0 Å². The number of hydrogen-bond donors (Lipinski definition) is 0. The van der Waals surface area contributed by atoms with Crippen molar-refractivity contribution in [2.45, 2.75) is 31.0 Å². The first-order valence-corrected chi connectivity index (χ1v) is 6.84. The summed E-state index contributed by atoms with van der Waals surface area (Å²) in [6.45, 7) is 2.35. The molecule has 82 valence electrons. The lowest BCUT2D eigenvalue weighted by Crippen LogP contribution is -2.15. The predicted octanol–water partition coefficient (Wildman–Crippen LogP) is 4.69. The highest BCUT2D eigenvalue weighted by molar-refractivity contribution is 9.09. The van der Waals surface area contributed by atoms with Crippen molar-refractivity contribution in [1.82, 2.24) is 0 Å². The van der Waals surface area contributed by atoms with Gasteiger partial charge in [-0.1, -0.05) is 46.6 Å². The first-order valence-electron chi connectivity index (χ1n) is 5.55. The van der Waals surface area contributed by atoms with Gasteiger partial charge in [0.1, 0.15) is 0 Å². The van der Waals surface area contributed by atoms with E-state index in [1.165, 1.54) is 18.4 Å². The van der Waals surface area contributed by atoms with Gasteiger partial charge in [0.05, 0.1) is 0 Å². The fraction of sp³-hybridized carbons (Fsp3) is 0.538. The van der Waals surface area contributed by atoms with E-state index in [-0.39, 0.29) is 0 Å². The first kappa shape index (κ1) is 11.5. The van der Waals surface area contributed by atoms with Gasteiger partial charge >= 0.3 is 0 Å². The molecule has 0 radical (unpaired) electrons. The Balaban J connectivity index is 1.92. The number of rotatable bonds is 4. The standard InChI is InChI=1S/C13H16BrCl/c1-9(11-4-5-11)13(14)8-10-2-6-12(15)7-3-10/h2-3,6-7,9,11,13H,4-5,8H2,1H3. The summed E-state index contributed by atoms with van der Waals surface area (Å²) in [6, 6.07) is 8.18. The van der Waals surface area contributed by atoms with E-state index in [4.69, 9.17) is 11.6 Å². The van der Waals surface area contributed by atoms with Gasteiger partial charge in [0.15, 0.2) is 0 Å². The van der Waals surface area contributed by atoms with Gasteiger partial charge in [0, 0.05) is 9.85 Å². The predicted molar refractivity (Wildman–Crippen MR) is 69.8 cm³/mol. The summed E-state index contributed by atoms with van der Waals surface area (Å²) < 4.78 is 0. The molecule has 1 aliphatic carbocycles. The lowest BCUT2D eigenvalue weighted by Gasteiger charge is -2.17. The van der Waals surface area contributed by atoms with Crippen molar-refractivity contribution in [2.75, 3.05) is 0 Å². The minimum absolute atomic E-state index is 0.603. The zero-order valence-electron chi connectivity index (χ0n) is 8.92. The fourth-order valence-electron chi connectivity index (χ4n) is 1.95. The van der Waals surface area contributed by atoms with Crippen molar-refractivity contribution in [1.29, 1.82) is 0 Å². The lowest BCUT2D eigenvalue weighted by molar-refractivity contribution is 0.490. The molecule has 2 rings (SSSR count). The van der Waals surface area contributed by atoms with Crippen LogP contribution in [0.2, 0.25) is 5.02 Å². The molecular formula is C13H16BrCl. The Bertz CT molecular complexity index is 316. The van der Waals surface area contributed by atoms with Gasteiger partial charge in [-0.25, -0.2) is 0 Å². The number of hydrogen-bond acceptors (Lipinski definition) is 0. The zero-order chi connectivity index (χ0) is 10.8. The maximum absolute atomic E-state index is 5.86. The molecule has 0 bridgehead atoms. The minimum Gasteiger partial charge on any atom is -0.0884 e. The molecule has 15 heavy (non-hydrogen) atoms. The van der Waals surface area contributed by atoms with Gasteiger partial charge in [-0.15, -0.1) is 0 Å². The molecule has 1 aromatic rings. The molecule has 0 N–H and O–H groups in total. The Hall–Kier alpha value is -0.0100. The van der Waals surface area contributed by atoms with Gasteiger partial charge in [0.2, 0.25) is 0 Å². The average molecular weight is 288 g/mol. The van der Waals surface area contributed by atoms with E-state index in [2.05, 4.69) is 35.0 Å². The van der Waals surface area contributed by atoms with Crippen LogP contribution in [0.5, 0.6) is 0 Å². The van der Waals surface area contributed by atoms with Crippen LogP contribution in [-0.4, -0.2) is 4.83 Å². The van der Waals surface area contributed by atoms with E-state index >= 15 is 0 Å². The summed E-state index contributed by atoms with van der Waals surface area (Å²) in [4.78, 5) is 0.603. The maximum Gasteiger partial charge on any atom is 0.0406 e. The molecule has 2 unspecified atom stereocenters. The Kier molecular flexibility index (Phi) is 3.73. The third kappa shape index (κ3) is 3.22. The molecule has 1 aliphatic rings. The van der Waals surface area contributed by atoms with Crippen LogP contribution in [0.1, 0.15) is 25.3 Å². The number of alkyl halides is 1. The molecule has 1 aromatic carbocycles. The highest BCUT2D eigenvalue weighted by Gasteiger charge is 2.31. The zero-order valence-corrected chi connectivity index (χ0v) is 11.3. The monoisotopic (exact) mass is 286 g/mol. The molecule has 0 amide bonds. The second kappa shape index (κ2) is 4.88. The van der Waals surface area contributed by atoms with Crippen molar-refractivity contribution in [3.05, 3.63) is 34.9 Å². The summed E-state index contributed by atoms with van der Waals surface area (Å²) in [6.07, 6.45) is 3.95. The summed E-state index contributed by atoms with van der Waals surface area (Å²) >= 11 is 9.67. The largest absolute Gasteiger partial charge is 0.0884 e. The number of halogens is 2. The van der Waals surface area contributed by atoms with Crippen LogP contribution in [-0.2, 0) is 6.42 Å². The lowest BCUT2D eigenvalue weighted by atomic mass is 9.97. The summed E-state index contributed by atoms with van der Waals surface area (Å²) in [5.41, 5.74) is 1.37. The normalized spacial score (nSPS) is 19.9. The highest BCUT2D eigenvalue weighted by atomic mass is 79.9. The Morgan fingerprint density at radius 2 is 1.93 bits per heavy atom. The Morgan fingerprint density at radius 1 is 1.33 bits per heavy atom. The van der Waals surface area contributed by atoms with Crippen LogP contribution >= 0.6 is 27.5 Å². The molecule has 0 aromatic heterocycles. The fourth-order valence-corrected chi connectivity index (χ4v) is 2.88. The van der Waals surface area contributed by atoms with Gasteiger partial charge < -0.3 is 0 Å². The smallest absolute Gasteiger partial charge is 0.0406 e. The van der Waals surface area contributed by atoms with Crippen molar-refractivity contribution in [3.63, 3.8) is 0 Å². The van der Waals surface area contributed by atoms with Crippen molar-refractivity contribution in [3.8, 4) is 0 Å². The third-order valence-corrected chi connectivity index (χ3v) is 4.69. The van der Waals surface area contributed by atoms with Crippen molar-refractivity contribution < 1.29 is 0 Å². The topological polar surface area (TPSA) is 0 Å². The third-order valence-electron chi connectivity index (χ3n) is 3.28. The molecule has 1 saturated carbocycles. The van der Waals surface area contributed by atoms with Crippen LogP contribution < -0.4 is 0 Å². The molecule has 0 nitrogen and oxygen atoms in total. The van der Waals surface area contributed by atoms with Crippen LogP contribution in [0.4, 0.5) is 0 Å². The number of benzene rings is 1. The minimum atomic E-state index is 0.603. The molecule has 1 fully saturated rings. The molecule has 2 heteroatoms. The SMILES string of the molecule is CC(C(Br)Cc1ccc(Cl)cc1)C1CC1. The van der Waals surface area contributed by atoms with Crippen molar-refractivity contribution >= 4 is 27.5 Å².